The van der Waals surface area contributed by atoms with Gasteiger partial charge in [0, 0.05) is 26.2 Å². The third kappa shape index (κ3) is 7.41. The van der Waals surface area contributed by atoms with Crippen LogP contribution >= 0.6 is 0 Å². The molecule has 2 nitrogen and oxygen atoms in total. The molecule has 1 aliphatic heterocycles. The molecule has 2 heteroatoms. The summed E-state index contributed by atoms with van der Waals surface area (Å²) in [6.07, 6.45) is 6.73. The van der Waals surface area contributed by atoms with Crippen molar-refractivity contribution in [3.05, 3.63) is 71.3 Å². The first-order valence-electron chi connectivity index (χ1n) is 11.3. The van der Waals surface area contributed by atoms with Crippen LogP contribution in [0.4, 0.5) is 0 Å². The molecule has 2 aromatic carbocycles. The minimum absolute atomic E-state index is 0.707. The van der Waals surface area contributed by atoms with Crippen LogP contribution in [0.1, 0.15) is 56.2 Å². The van der Waals surface area contributed by atoms with Crippen molar-refractivity contribution >= 4 is 0 Å². The van der Waals surface area contributed by atoms with Crippen molar-refractivity contribution in [3.63, 3.8) is 0 Å². The SMILES string of the molecule is CC(C)Cc1cccc(CN(CCN2CCCCCC2)Cc2ccccc2)c1. The highest BCUT2D eigenvalue weighted by molar-refractivity contribution is 5.24. The molecule has 0 radical (unpaired) electrons. The Hall–Kier alpha value is -1.64. The van der Waals surface area contributed by atoms with E-state index in [1.165, 1.54) is 68.4 Å². The van der Waals surface area contributed by atoms with Gasteiger partial charge in [-0.05, 0) is 55.0 Å². The summed E-state index contributed by atoms with van der Waals surface area (Å²) in [4.78, 5) is 5.31. The predicted molar refractivity (Wildman–Crippen MR) is 120 cm³/mol. The van der Waals surface area contributed by atoms with E-state index in [1.54, 1.807) is 0 Å². The Labute approximate surface area is 172 Å². The monoisotopic (exact) mass is 378 g/mol. The van der Waals surface area contributed by atoms with E-state index in [9.17, 15) is 0 Å². The van der Waals surface area contributed by atoms with Gasteiger partial charge in [0.25, 0.3) is 0 Å². The average molecular weight is 379 g/mol. The van der Waals surface area contributed by atoms with Crippen molar-refractivity contribution in [2.75, 3.05) is 26.2 Å². The smallest absolute Gasteiger partial charge is 0.0237 e. The maximum Gasteiger partial charge on any atom is 0.0237 e. The van der Waals surface area contributed by atoms with Crippen molar-refractivity contribution < 1.29 is 0 Å². The van der Waals surface area contributed by atoms with Crippen molar-refractivity contribution in [2.24, 2.45) is 5.92 Å². The first-order valence-corrected chi connectivity index (χ1v) is 11.3. The Morgan fingerprint density at radius 2 is 1.43 bits per heavy atom. The lowest BCUT2D eigenvalue weighted by Crippen LogP contribution is -2.35. The molecule has 0 atom stereocenters. The number of benzene rings is 2. The van der Waals surface area contributed by atoms with E-state index in [4.69, 9.17) is 0 Å². The third-order valence-electron chi connectivity index (χ3n) is 5.72. The first kappa shape index (κ1) is 21.1. The molecule has 1 aliphatic rings. The summed E-state index contributed by atoms with van der Waals surface area (Å²) >= 11 is 0. The van der Waals surface area contributed by atoms with Crippen LogP contribution in [0.15, 0.2) is 54.6 Å². The fraction of sp³-hybridized carbons (Fsp3) is 0.538. The molecular formula is C26H38N2. The van der Waals surface area contributed by atoms with Crippen LogP contribution in [0.3, 0.4) is 0 Å². The number of hydrogen-bond donors (Lipinski definition) is 0. The molecule has 0 aliphatic carbocycles. The Balaban J connectivity index is 1.65. The summed E-state index contributed by atoms with van der Waals surface area (Å²) in [5.74, 6) is 0.707. The van der Waals surface area contributed by atoms with E-state index in [-0.39, 0.29) is 0 Å². The van der Waals surface area contributed by atoms with E-state index in [0.29, 0.717) is 5.92 Å². The van der Waals surface area contributed by atoms with Gasteiger partial charge in [-0.15, -0.1) is 0 Å². The van der Waals surface area contributed by atoms with E-state index >= 15 is 0 Å². The largest absolute Gasteiger partial charge is 0.302 e. The molecule has 0 spiro atoms. The van der Waals surface area contributed by atoms with Gasteiger partial charge in [0.15, 0.2) is 0 Å². The second-order valence-corrected chi connectivity index (χ2v) is 8.87. The molecule has 0 bridgehead atoms. The topological polar surface area (TPSA) is 6.48 Å². The first-order chi connectivity index (χ1) is 13.7. The van der Waals surface area contributed by atoms with Crippen LogP contribution in [-0.2, 0) is 19.5 Å². The van der Waals surface area contributed by atoms with E-state index in [2.05, 4.69) is 78.2 Å². The summed E-state index contributed by atoms with van der Waals surface area (Å²) in [5.41, 5.74) is 4.33. The van der Waals surface area contributed by atoms with Gasteiger partial charge in [0.1, 0.15) is 0 Å². The number of rotatable bonds is 9. The Morgan fingerprint density at radius 1 is 0.786 bits per heavy atom. The standard InChI is InChI=1S/C26H38N2/c1-23(2)19-25-13-10-14-26(20-25)22-28(21-24-11-6-5-7-12-24)18-17-27-15-8-3-4-9-16-27/h5-7,10-14,20,23H,3-4,8-9,15-19,21-22H2,1-2H3. The summed E-state index contributed by atoms with van der Waals surface area (Å²) in [6.45, 7) is 11.6. The molecule has 1 heterocycles. The molecule has 0 aromatic heterocycles. The van der Waals surface area contributed by atoms with Crippen LogP contribution in [0, 0.1) is 5.92 Å². The Morgan fingerprint density at radius 3 is 2.14 bits per heavy atom. The van der Waals surface area contributed by atoms with Gasteiger partial charge in [-0.2, -0.15) is 0 Å². The van der Waals surface area contributed by atoms with Gasteiger partial charge in [-0.3, -0.25) is 4.90 Å². The molecule has 1 saturated heterocycles. The number of likely N-dealkylation sites (tertiary alicyclic amines) is 1. The van der Waals surface area contributed by atoms with Crippen molar-refractivity contribution in [1.82, 2.24) is 9.80 Å². The number of nitrogens with zero attached hydrogens (tertiary/aromatic N) is 2. The Bertz CT molecular complexity index is 672. The van der Waals surface area contributed by atoms with Crippen molar-refractivity contribution in [3.8, 4) is 0 Å². The zero-order chi connectivity index (χ0) is 19.6. The van der Waals surface area contributed by atoms with Gasteiger partial charge < -0.3 is 4.90 Å². The molecular weight excluding hydrogens is 340 g/mol. The van der Waals surface area contributed by atoms with Gasteiger partial charge in [-0.1, -0.05) is 81.3 Å². The summed E-state index contributed by atoms with van der Waals surface area (Å²) in [7, 11) is 0. The van der Waals surface area contributed by atoms with E-state index < -0.39 is 0 Å². The molecule has 0 amide bonds. The highest BCUT2D eigenvalue weighted by atomic mass is 15.2. The van der Waals surface area contributed by atoms with Gasteiger partial charge in [-0.25, -0.2) is 0 Å². The minimum atomic E-state index is 0.707. The average Bonchev–Trinajstić information content (AvgIpc) is 2.96. The highest BCUT2D eigenvalue weighted by Crippen LogP contribution is 2.15. The molecule has 0 N–H and O–H groups in total. The van der Waals surface area contributed by atoms with Crippen molar-refractivity contribution in [1.29, 1.82) is 0 Å². The molecule has 28 heavy (non-hydrogen) atoms. The summed E-state index contributed by atoms with van der Waals surface area (Å²) < 4.78 is 0. The number of hydrogen-bond acceptors (Lipinski definition) is 2. The molecule has 3 rings (SSSR count). The van der Waals surface area contributed by atoms with E-state index in [0.717, 1.165) is 19.6 Å². The van der Waals surface area contributed by atoms with Crippen LogP contribution in [-0.4, -0.2) is 36.0 Å². The van der Waals surface area contributed by atoms with Crippen molar-refractivity contribution in [2.45, 2.75) is 59.0 Å². The maximum absolute atomic E-state index is 2.68. The zero-order valence-corrected chi connectivity index (χ0v) is 17.9. The fourth-order valence-corrected chi connectivity index (χ4v) is 4.28. The van der Waals surface area contributed by atoms with Crippen LogP contribution in [0.25, 0.3) is 0 Å². The lowest BCUT2D eigenvalue weighted by Gasteiger charge is -2.27. The lowest BCUT2D eigenvalue weighted by atomic mass is 10.0. The predicted octanol–water partition coefficient (Wildman–Crippen LogP) is 5.76. The highest BCUT2D eigenvalue weighted by Gasteiger charge is 2.13. The minimum Gasteiger partial charge on any atom is -0.302 e. The zero-order valence-electron chi connectivity index (χ0n) is 17.9. The Kier molecular flexibility index (Phi) is 8.57. The van der Waals surface area contributed by atoms with Gasteiger partial charge in [0.05, 0.1) is 0 Å². The van der Waals surface area contributed by atoms with Gasteiger partial charge in [0.2, 0.25) is 0 Å². The molecule has 2 aromatic rings. The molecule has 152 valence electrons. The van der Waals surface area contributed by atoms with E-state index in [1.807, 2.05) is 0 Å². The third-order valence-corrected chi connectivity index (χ3v) is 5.72. The molecule has 0 unspecified atom stereocenters. The molecule has 0 saturated carbocycles. The fourth-order valence-electron chi connectivity index (χ4n) is 4.28. The van der Waals surface area contributed by atoms with Crippen LogP contribution in [0.2, 0.25) is 0 Å². The van der Waals surface area contributed by atoms with Crippen LogP contribution in [0.5, 0.6) is 0 Å². The van der Waals surface area contributed by atoms with Crippen LogP contribution < -0.4 is 0 Å². The lowest BCUT2D eigenvalue weighted by molar-refractivity contribution is 0.196. The normalized spacial score (nSPS) is 15.9. The second kappa shape index (κ2) is 11.4. The quantitative estimate of drug-likeness (QED) is 0.547. The van der Waals surface area contributed by atoms with Gasteiger partial charge >= 0.3 is 0 Å². The maximum atomic E-state index is 2.68. The summed E-state index contributed by atoms with van der Waals surface area (Å²) in [5, 5.41) is 0. The molecule has 1 fully saturated rings. The second-order valence-electron chi connectivity index (χ2n) is 8.87. The summed E-state index contributed by atoms with van der Waals surface area (Å²) in [6, 6.07) is 20.2.